The highest BCUT2D eigenvalue weighted by molar-refractivity contribution is 5.96. The second kappa shape index (κ2) is 7.68. The molecule has 2 amide bonds. The summed E-state index contributed by atoms with van der Waals surface area (Å²) in [6, 6.07) is 11.4. The molecule has 0 saturated carbocycles. The summed E-state index contributed by atoms with van der Waals surface area (Å²) < 4.78 is 13.0. The van der Waals surface area contributed by atoms with Crippen LogP contribution in [0.2, 0.25) is 0 Å². The van der Waals surface area contributed by atoms with Gasteiger partial charge in [0.1, 0.15) is 5.82 Å². The van der Waals surface area contributed by atoms with E-state index in [1.165, 1.54) is 29.8 Å². The molecule has 1 heterocycles. The van der Waals surface area contributed by atoms with Crippen LogP contribution >= 0.6 is 0 Å². The van der Waals surface area contributed by atoms with E-state index < -0.39 is 0 Å². The summed E-state index contributed by atoms with van der Waals surface area (Å²) >= 11 is 0. The van der Waals surface area contributed by atoms with Crippen LogP contribution in [-0.4, -0.2) is 29.8 Å². The van der Waals surface area contributed by atoms with Crippen molar-refractivity contribution in [1.29, 1.82) is 0 Å². The van der Waals surface area contributed by atoms with Crippen LogP contribution < -0.4 is 5.32 Å². The third-order valence-corrected chi connectivity index (χ3v) is 4.95. The van der Waals surface area contributed by atoms with Gasteiger partial charge in [-0.25, -0.2) is 4.39 Å². The first kappa shape index (κ1) is 18.1. The van der Waals surface area contributed by atoms with Gasteiger partial charge in [-0.2, -0.15) is 0 Å². The Morgan fingerprint density at radius 2 is 1.81 bits per heavy atom. The van der Waals surface area contributed by atoms with E-state index >= 15 is 0 Å². The first-order valence-corrected chi connectivity index (χ1v) is 8.87. The molecule has 1 N–H and O–H groups in total. The maximum atomic E-state index is 13.0. The van der Waals surface area contributed by atoms with Crippen LogP contribution in [0.1, 0.15) is 34.3 Å². The SMILES string of the molecule is Cc1ccc(NC(=O)[C@@H]2CCCN(C(=O)c3ccc(F)cc3)C2)cc1C. The van der Waals surface area contributed by atoms with Gasteiger partial charge in [-0.05, 0) is 74.2 Å². The number of hydrogen-bond donors (Lipinski definition) is 1. The fraction of sp³-hybridized carbons (Fsp3) is 0.333. The van der Waals surface area contributed by atoms with Gasteiger partial charge in [-0.3, -0.25) is 9.59 Å². The predicted molar refractivity (Wildman–Crippen MR) is 99.6 cm³/mol. The Labute approximate surface area is 153 Å². The number of nitrogens with one attached hydrogen (secondary N) is 1. The molecular formula is C21H23FN2O2. The molecule has 4 nitrogen and oxygen atoms in total. The molecule has 5 heteroatoms. The fourth-order valence-corrected chi connectivity index (χ4v) is 3.21. The molecule has 0 aliphatic carbocycles. The van der Waals surface area contributed by atoms with Crippen molar-refractivity contribution in [2.75, 3.05) is 18.4 Å². The van der Waals surface area contributed by atoms with Gasteiger partial charge in [0, 0.05) is 24.3 Å². The van der Waals surface area contributed by atoms with E-state index in [0.717, 1.165) is 24.1 Å². The summed E-state index contributed by atoms with van der Waals surface area (Å²) in [5.74, 6) is -0.834. The standard InChI is InChI=1S/C21H23FN2O2/c1-14-5-10-19(12-15(14)2)23-20(25)17-4-3-11-24(13-17)21(26)16-6-8-18(22)9-7-16/h5-10,12,17H,3-4,11,13H2,1-2H3,(H,23,25)/t17-/m1/s1. The van der Waals surface area contributed by atoms with E-state index in [1.807, 2.05) is 32.0 Å². The number of rotatable bonds is 3. The Balaban J connectivity index is 1.65. The van der Waals surface area contributed by atoms with Crippen molar-refractivity contribution in [3.05, 3.63) is 65.0 Å². The van der Waals surface area contributed by atoms with Crippen molar-refractivity contribution >= 4 is 17.5 Å². The topological polar surface area (TPSA) is 49.4 Å². The summed E-state index contributed by atoms with van der Waals surface area (Å²) in [7, 11) is 0. The first-order chi connectivity index (χ1) is 12.4. The van der Waals surface area contributed by atoms with Gasteiger partial charge in [-0.15, -0.1) is 0 Å². The van der Waals surface area contributed by atoms with Crippen LogP contribution in [0.25, 0.3) is 0 Å². The number of halogens is 1. The molecule has 26 heavy (non-hydrogen) atoms. The zero-order valence-electron chi connectivity index (χ0n) is 15.1. The van der Waals surface area contributed by atoms with Crippen LogP contribution in [0.15, 0.2) is 42.5 Å². The Hall–Kier alpha value is -2.69. The van der Waals surface area contributed by atoms with E-state index in [2.05, 4.69) is 5.32 Å². The third kappa shape index (κ3) is 4.10. The van der Waals surface area contributed by atoms with Gasteiger partial charge in [0.2, 0.25) is 5.91 Å². The minimum absolute atomic E-state index is 0.0649. The maximum absolute atomic E-state index is 13.0. The van der Waals surface area contributed by atoms with Crippen molar-refractivity contribution in [2.45, 2.75) is 26.7 Å². The minimum Gasteiger partial charge on any atom is -0.338 e. The van der Waals surface area contributed by atoms with Crippen LogP contribution in [0.3, 0.4) is 0 Å². The fourth-order valence-electron chi connectivity index (χ4n) is 3.21. The van der Waals surface area contributed by atoms with Gasteiger partial charge in [0.15, 0.2) is 0 Å². The molecule has 0 bridgehead atoms. The zero-order valence-corrected chi connectivity index (χ0v) is 15.1. The molecule has 2 aromatic carbocycles. The Kier molecular flexibility index (Phi) is 5.35. The van der Waals surface area contributed by atoms with E-state index in [9.17, 15) is 14.0 Å². The Morgan fingerprint density at radius 1 is 1.08 bits per heavy atom. The summed E-state index contributed by atoms with van der Waals surface area (Å²) in [6.45, 7) is 5.03. The summed E-state index contributed by atoms with van der Waals surface area (Å²) in [4.78, 5) is 26.9. The molecule has 3 rings (SSSR count). The van der Waals surface area contributed by atoms with Crippen molar-refractivity contribution in [3.8, 4) is 0 Å². The molecule has 0 radical (unpaired) electrons. The van der Waals surface area contributed by atoms with Gasteiger partial charge >= 0.3 is 0 Å². The first-order valence-electron chi connectivity index (χ1n) is 8.87. The molecule has 0 unspecified atom stereocenters. The number of benzene rings is 2. The Bertz CT molecular complexity index is 817. The molecule has 1 fully saturated rings. The van der Waals surface area contributed by atoms with Gasteiger partial charge in [0.25, 0.3) is 5.91 Å². The highest BCUT2D eigenvalue weighted by atomic mass is 19.1. The van der Waals surface area contributed by atoms with Crippen LogP contribution in [0.5, 0.6) is 0 Å². The highest BCUT2D eigenvalue weighted by Gasteiger charge is 2.29. The molecule has 136 valence electrons. The van der Waals surface area contributed by atoms with Gasteiger partial charge in [0.05, 0.1) is 5.92 Å². The van der Waals surface area contributed by atoms with Crippen molar-refractivity contribution in [2.24, 2.45) is 5.92 Å². The van der Waals surface area contributed by atoms with E-state index in [4.69, 9.17) is 0 Å². The normalized spacial score (nSPS) is 17.0. The minimum atomic E-state index is -0.370. The van der Waals surface area contributed by atoms with E-state index in [0.29, 0.717) is 18.7 Å². The smallest absolute Gasteiger partial charge is 0.253 e. The number of carbonyl (C=O) groups is 2. The number of carbonyl (C=O) groups excluding carboxylic acids is 2. The number of piperidine rings is 1. The average molecular weight is 354 g/mol. The zero-order chi connectivity index (χ0) is 18.7. The maximum Gasteiger partial charge on any atom is 0.253 e. The molecule has 1 aliphatic heterocycles. The lowest BCUT2D eigenvalue weighted by Crippen LogP contribution is -2.43. The quantitative estimate of drug-likeness (QED) is 0.908. The second-order valence-electron chi connectivity index (χ2n) is 6.89. The molecule has 1 atom stereocenters. The molecule has 2 aromatic rings. The number of aryl methyl sites for hydroxylation is 2. The van der Waals surface area contributed by atoms with E-state index in [1.54, 1.807) is 4.90 Å². The van der Waals surface area contributed by atoms with Crippen molar-refractivity contribution < 1.29 is 14.0 Å². The number of nitrogens with zero attached hydrogens (tertiary/aromatic N) is 1. The number of anilines is 1. The number of hydrogen-bond acceptors (Lipinski definition) is 2. The molecule has 0 spiro atoms. The molecule has 1 saturated heterocycles. The second-order valence-corrected chi connectivity index (χ2v) is 6.89. The highest BCUT2D eigenvalue weighted by Crippen LogP contribution is 2.21. The molecule has 0 aromatic heterocycles. The largest absolute Gasteiger partial charge is 0.338 e. The third-order valence-electron chi connectivity index (χ3n) is 4.95. The summed E-state index contributed by atoms with van der Waals surface area (Å²) in [6.07, 6.45) is 1.53. The van der Waals surface area contributed by atoms with Crippen LogP contribution in [0.4, 0.5) is 10.1 Å². The molecule has 1 aliphatic rings. The van der Waals surface area contributed by atoms with Crippen LogP contribution in [0, 0.1) is 25.6 Å². The number of likely N-dealkylation sites (tertiary alicyclic amines) is 1. The summed E-state index contributed by atoms with van der Waals surface area (Å²) in [5, 5.41) is 2.96. The van der Waals surface area contributed by atoms with E-state index in [-0.39, 0.29) is 23.5 Å². The summed E-state index contributed by atoms with van der Waals surface area (Å²) in [5.41, 5.74) is 3.53. The Morgan fingerprint density at radius 3 is 2.50 bits per heavy atom. The van der Waals surface area contributed by atoms with Crippen molar-refractivity contribution in [3.63, 3.8) is 0 Å². The lowest BCUT2D eigenvalue weighted by atomic mass is 9.96. The average Bonchev–Trinajstić information content (AvgIpc) is 2.65. The van der Waals surface area contributed by atoms with Crippen LogP contribution in [-0.2, 0) is 4.79 Å². The van der Waals surface area contributed by atoms with Gasteiger partial charge < -0.3 is 10.2 Å². The lowest BCUT2D eigenvalue weighted by Gasteiger charge is -2.32. The number of amides is 2. The lowest BCUT2D eigenvalue weighted by molar-refractivity contribution is -0.121. The monoisotopic (exact) mass is 354 g/mol. The van der Waals surface area contributed by atoms with Crippen molar-refractivity contribution in [1.82, 2.24) is 4.90 Å². The predicted octanol–water partition coefficient (Wildman–Crippen LogP) is 3.93. The molecular weight excluding hydrogens is 331 g/mol. The van der Waals surface area contributed by atoms with Gasteiger partial charge in [-0.1, -0.05) is 6.07 Å².